The molecule has 26 heavy (non-hydrogen) atoms. The fourth-order valence-corrected chi connectivity index (χ4v) is 3.39. The van der Waals surface area contributed by atoms with Crippen LogP contribution in [0.4, 0.5) is 4.39 Å². The third-order valence-corrected chi connectivity index (χ3v) is 4.63. The van der Waals surface area contributed by atoms with Gasteiger partial charge in [-0.2, -0.15) is 0 Å². The van der Waals surface area contributed by atoms with Crippen molar-refractivity contribution in [2.75, 3.05) is 0 Å². The van der Waals surface area contributed by atoms with Crippen molar-refractivity contribution in [1.82, 2.24) is 19.5 Å². The molecule has 0 aliphatic carbocycles. The van der Waals surface area contributed by atoms with Gasteiger partial charge in [0, 0.05) is 42.3 Å². The lowest BCUT2D eigenvalue weighted by atomic mass is 10.1. The van der Waals surface area contributed by atoms with Crippen LogP contribution >= 0.6 is 0 Å². The van der Waals surface area contributed by atoms with Crippen molar-refractivity contribution in [3.05, 3.63) is 84.7 Å². The molecule has 0 radical (unpaired) electrons. The van der Waals surface area contributed by atoms with E-state index < -0.39 is 0 Å². The molecular weight excluding hydrogens is 327 g/mol. The van der Waals surface area contributed by atoms with Crippen LogP contribution in [0.3, 0.4) is 0 Å². The molecule has 0 bridgehead atoms. The minimum atomic E-state index is -0.218. The standard InChI is InChI=1S/C21H15FN4/c22-16-3-1-2-14(10-16)13-26-9-6-19-20(26)11-15(12-25-19)17-4-7-23-21-18(17)5-8-24-21/h1-12H,13H2,(H,23,24). The van der Waals surface area contributed by atoms with Crippen LogP contribution in [0, 0.1) is 5.82 Å². The maximum Gasteiger partial charge on any atom is 0.137 e. The number of halogens is 1. The van der Waals surface area contributed by atoms with E-state index in [1.165, 1.54) is 6.07 Å². The zero-order valence-electron chi connectivity index (χ0n) is 13.9. The normalized spacial score (nSPS) is 11.4. The lowest BCUT2D eigenvalue weighted by molar-refractivity contribution is 0.624. The van der Waals surface area contributed by atoms with Gasteiger partial charge in [-0.05, 0) is 47.5 Å². The molecule has 0 saturated carbocycles. The number of nitrogens with zero attached hydrogens (tertiary/aromatic N) is 3. The van der Waals surface area contributed by atoms with Gasteiger partial charge >= 0.3 is 0 Å². The van der Waals surface area contributed by atoms with Gasteiger partial charge in [0.25, 0.3) is 0 Å². The van der Waals surface area contributed by atoms with E-state index in [0.29, 0.717) is 6.54 Å². The lowest BCUT2D eigenvalue weighted by Gasteiger charge is -2.08. The van der Waals surface area contributed by atoms with E-state index in [1.54, 1.807) is 18.3 Å². The molecule has 4 nitrogen and oxygen atoms in total. The SMILES string of the molecule is Fc1cccc(Cn2ccc3ncc(-c4ccnc5[nH]ccc45)cc32)c1. The van der Waals surface area contributed by atoms with Crippen LogP contribution in [0.5, 0.6) is 0 Å². The Hall–Kier alpha value is -3.47. The number of hydrogen-bond acceptors (Lipinski definition) is 2. The number of benzene rings is 1. The average molecular weight is 342 g/mol. The van der Waals surface area contributed by atoms with Crippen LogP contribution in [0.25, 0.3) is 33.2 Å². The van der Waals surface area contributed by atoms with Crippen molar-refractivity contribution in [3.63, 3.8) is 0 Å². The summed E-state index contributed by atoms with van der Waals surface area (Å²) >= 11 is 0. The molecule has 5 rings (SSSR count). The predicted octanol–water partition coefficient (Wildman–Crippen LogP) is 4.77. The average Bonchev–Trinajstić information content (AvgIpc) is 3.28. The van der Waals surface area contributed by atoms with Crippen LogP contribution in [-0.2, 0) is 6.54 Å². The number of fused-ring (bicyclic) bond motifs is 2. The minimum absolute atomic E-state index is 0.218. The Bertz CT molecular complexity index is 1240. The van der Waals surface area contributed by atoms with Crippen molar-refractivity contribution in [1.29, 1.82) is 0 Å². The quantitative estimate of drug-likeness (QED) is 0.513. The highest BCUT2D eigenvalue weighted by atomic mass is 19.1. The smallest absolute Gasteiger partial charge is 0.137 e. The Morgan fingerprint density at radius 1 is 1.04 bits per heavy atom. The number of aromatic amines is 1. The monoisotopic (exact) mass is 342 g/mol. The third kappa shape index (κ3) is 2.45. The topological polar surface area (TPSA) is 46.5 Å². The lowest BCUT2D eigenvalue weighted by Crippen LogP contribution is -1.98. The van der Waals surface area contributed by atoms with Gasteiger partial charge in [-0.3, -0.25) is 4.98 Å². The Morgan fingerprint density at radius 3 is 2.92 bits per heavy atom. The molecule has 1 N–H and O–H groups in total. The first kappa shape index (κ1) is 14.8. The molecule has 0 spiro atoms. The van der Waals surface area contributed by atoms with Gasteiger partial charge in [0.05, 0.1) is 11.0 Å². The molecule has 4 aromatic heterocycles. The maximum absolute atomic E-state index is 13.5. The van der Waals surface area contributed by atoms with E-state index in [-0.39, 0.29) is 5.82 Å². The first-order chi connectivity index (χ1) is 12.8. The van der Waals surface area contributed by atoms with Crippen LogP contribution in [0.15, 0.2) is 73.3 Å². The second-order valence-electron chi connectivity index (χ2n) is 6.30. The van der Waals surface area contributed by atoms with Crippen LogP contribution in [0.2, 0.25) is 0 Å². The fraction of sp³-hybridized carbons (Fsp3) is 0.0476. The van der Waals surface area contributed by atoms with Gasteiger partial charge in [0.2, 0.25) is 0 Å². The molecule has 5 aromatic rings. The second-order valence-corrected chi connectivity index (χ2v) is 6.30. The molecule has 1 aromatic carbocycles. The summed E-state index contributed by atoms with van der Waals surface area (Å²) in [5.74, 6) is -0.218. The van der Waals surface area contributed by atoms with Gasteiger partial charge in [0.15, 0.2) is 0 Å². The summed E-state index contributed by atoms with van der Waals surface area (Å²) in [6.45, 7) is 0.600. The number of pyridine rings is 2. The summed E-state index contributed by atoms with van der Waals surface area (Å²) in [6, 6.07) is 14.8. The number of aromatic nitrogens is 4. The van der Waals surface area contributed by atoms with E-state index in [1.807, 2.05) is 42.9 Å². The van der Waals surface area contributed by atoms with E-state index in [2.05, 4.69) is 25.6 Å². The highest BCUT2D eigenvalue weighted by Crippen LogP contribution is 2.29. The summed E-state index contributed by atoms with van der Waals surface area (Å²) in [5.41, 5.74) is 5.84. The summed E-state index contributed by atoms with van der Waals surface area (Å²) in [6.07, 6.45) is 7.56. The fourth-order valence-electron chi connectivity index (χ4n) is 3.39. The van der Waals surface area contributed by atoms with Crippen molar-refractivity contribution >= 4 is 22.1 Å². The Balaban J connectivity index is 1.62. The van der Waals surface area contributed by atoms with E-state index >= 15 is 0 Å². The van der Waals surface area contributed by atoms with Crippen LogP contribution in [-0.4, -0.2) is 19.5 Å². The van der Waals surface area contributed by atoms with Crippen molar-refractivity contribution in [2.24, 2.45) is 0 Å². The largest absolute Gasteiger partial charge is 0.346 e. The van der Waals surface area contributed by atoms with Gasteiger partial charge < -0.3 is 9.55 Å². The van der Waals surface area contributed by atoms with Gasteiger partial charge in [-0.1, -0.05) is 12.1 Å². The first-order valence-electron chi connectivity index (χ1n) is 8.40. The molecule has 0 unspecified atom stereocenters. The summed E-state index contributed by atoms with van der Waals surface area (Å²) in [4.78, 5) is 12.1. The molecule has 0 saturated heterocycles. The molecule has 126 valence electrons. The predicted molar refractivity (Wildman–Crippen MR) is 100 cm³/mol. The number of hydrogen-bond donors (Lipinski definition) is 1. The number of nitrogens with one attached hydrogen (secondary N) is 1. The molecule has 5 heteroatoms. The molecular formula is C21H15FN4. The molecule has 4 heterocycles. The molecule has 0 amide bonds. The van der Waals surface area contributed by atoms with E-state index in [0.717, 1.165) is 38.8 Å². The Labute approximate surface area is 149 Å². The highest BCUT2D eigenvalue weighted by Gasteiger charge is 2.09. The zero-order chi connectivity index (χ0) is 17.5. The van der Waals surface area contributed by atoms with Gasteiger partial charge in [-0.25, -0.2) is 9.37 Å². The first-order valence-corrected chi connectivity index (χ1v) is 8.40. The van der Waals surface area contributed by atoms with Crippen molar-refractivity contribution in [3.8, 4) is 11.1 Å². The van der Waals surface area contributed by atoms with Gasteiger partial charge in [0.1, 0.15) is 11.5 Å². The Kier molecular flexibility index (Phi) is 3.31. The zero-order valence-corrected chi connectivity index (χ0v) is 13.9. The highest BCUT2D eigenvalue weighted by molar-refractivity contribution is 5.94. The molecule has 0 atom stereocenters. The third-order valence-electron chi connectivity index (χ3n) is 4.63. The van der Waals surface area contributed by atoms with Crippen LogP contribution < -0.4 is 0 Å². The molecule has 0 aliphatic rings. The van der Waals surface area contributed by atoms with Crippen LogP contribution in [0.1, 0.15) is 5.56 Å². The van der Waals surface area contributed by atoms with Crippen molar-refractivity contribution in [2.45, 2.75) is 6.54 Å². The Morgan fingerprint density at radius 2 is 2.00 bits per heavy atom. The summed E-state index contributed by atoms with van der Waals surface area (Å²) in [7, 11) is 0. The molecule has 0 fully saturated rings. The van der Waals surface area contributed by atoms with E-state index in [9.17, 15) is 4.39 Å². The summed E-state index contributed by atoms with van der Waals surface area (Å²) in [5, 5.41) is 1.07. The van der Waals surface area contributed by atoms with Gasteiger partial charge in [-0.15, -0.1) is 0 Å². The number of H-pyrrole nitrogens is 1. The second kappa shape index (κ2) is 5.81. The maximum atomic E-state index is 13.5. The minimum Gasteiger partial charge on any atom is -0.346 e. The van der Waals surface area contributed by atoms with Crippen molar-refractivity contribution < 1.29 is 4.39 Å². The number of rotatable bonds is 3. The van der Waals surface area contributed by atoms with E-state index in [4.69, 9.17) is 0 Å². The molecule has 0 aliphatic heterocycles. The summed E-state index contributed by atoms with van der Waals surface area (Å²) < 4.78 is 15.6.